The van der Waals surface area contributed by atoms with Gasteiger partial charge in [0.25, 0.3) is 0 Å². The number of rotatable bonds is 3. The maximum absolute atomic E-state index is 11.7. The minimum atomic E-state index is -0.389. The van der Waals surface area contributed by atoms with Crippen LogP contribution in [0, 0.1) is 5.92 Å². The third kappa shape index (κ3) is 2.65. The first-order chi connectivity index (χ1) is 9.78. The van der Waals surface area contributed by atoms with Crippen LogP contribution in [-0.2, 0) is 11.2 Å². The molecule has 0 saturated carbocycles. The molecule has 1 fully saturated rings. The Morgan fingerprint density at radius 3 is 3.20 bits per heavy atom. The largest absolute Gasteiger partial charge is 0.464 e. The Kier molecular flexibility index (Phi) is 3.91. The zero-order valence-corrected chi connectivity index (χ0v) is 12.2. The van der Waals surface area contributed by atoms with Gasteiger partial charge in [-0.15, -0.1) is 0 Å². The molecule has 106 valence electrons. The Bertz CT molecular complexity index is 620. The number of esters is 1. The second kappa shape index (κ2) is 5.83. The fourth-order valence-corrected chi connectivity index (χ4v) is 3.68. The van der Waals surface area contributed by atoms with Gasteiger partial charge in [-0.2, -0.15) is 16.9 Å². The normalized spacial score (nSPS) is 19.1. The minimum absolute atomic E-state index is 0.389. The number of pyridine rings is 1. The summed E-state index contributed by atoms with van der Waals surface area (Å²) in [5.74, 6) is 3.52. The summed E-state index contributed by atoms with van der Waals surface area (Å²) in [6, 6.07) is 5.36. The van der Waals surface area contributed by atoms with Gasteiger partial charge in [0.05, 0.1) is 7.11 Å². The molecule has 5 nitrogen and oxygen atoms in total. The second-order valence-electron chi connectivity index (χ2n) is 4.99. The van der Waals surface area contributed by atoms with Crippen LogP contribution in [0.1, 0.15) is 29.2 Å². The quantitative estimate of drug-likeness (QED) is 0.811. The molecule has 0 N–H and O–H groups in total. The minimum Gasteiger partial charge on any atom is -0.464 e. The van der Waals surface area contributed by atoms with Crippen LogP contribution in [-0.4, -0.2) is 39.2 Å². The van der Waals surface area contributed by atoms with Crippen molar-refractivity contribution in [3.05, 3.63) is 29.7 Å². The molecular weight excluding hydrogens is 274 g/mol. The number of carbonyl (C=O) groups excluding carboxylic acids is 1. The van der Waals surface area contributed by atoms with Crippen LogP contribution < -0.4 is 0 Å². The molecule has 20 heavy (non-hydrogen) atoms. The summed E-state index contributed by atoms with van der Waals surface area (Å²) in [6.07, 6.45) is 3.40. The topological polar surface area (TPSA) is 56.5 Å². The molecule has 0 radical (unpaired) electrons. The average molecular weight is 291 g/mol. The highest BCUT2D eigenvalue weighted by molar-refractivity contribution is 7.99. The standard InChI is InChI=1S/C14H17N3O2S/c1-19-14(18)11-5-2-6-13-15-12(16-17(11)13)8-10-4-3-7-20-9-10/h2,5-6,10H,3-4,7-9H2,1H3. The molecule has 0 spiro atoms. The van der Waals surface area contributed by atoms with E-state index in [4.69, 9.17) is 4.74 Å². The maximum Gasteiger partial charge on any atom is 0.356 e. The van der Waals surface area contributed by atoms with Crippen LogP contribution in [0.3, 0.4) is 0 Å². The van der Waals surface area contributed by atoms with Gasteiger partial charge in [-0.1, -0.05) is 6.07 Å². The van der Waals surface area contributed by atoms with Gasteiger partial charge in [-0.3, -0.25) is 0 Å². The summed E-state index contributed by atoms with van der Waals surface area (Å²) < 4.78 is 6.35. The van der Waals surface area contributed by atoms with Crippen LogP contribution in [0.25, 0.3) is 5.65 Å². The van der Waals surface area contributed by atoms with E-state index in [-0.39, 0.29) is 5.97 Å². The van der Waals surface area contributed by atoms with Crippen molar-refractivity contribution < 1.29 is 9.53 Å². The molecule has 1 aliphatic heterocycles. The van der Waals surface area contributed by atoms with Gasteiger partial charge in [0.2, 0.25) is 0 Å². The van der Waals surface area contributed by atoms with E-state index in [2.05, 4.69) is 10.1 Å². The first-order valence-corrected chi connectivity index (χ1v) is 7.94. The molecule has 3 heterocycles. The number of methoxy groups -OCH3 is 1. The summed E-state index contributed by atoms with van der Waals surface area (Å²) in [5, 5.41) is 4.47. The second-order valence-corrected chi connectivity index (χ2v) is 6.14. The van der Waals surface area contributed by atoms with Crippen LogP contribution >= 0.6 is 11.8 Å². The lowest BCUT2D eigenvalue weighted by molar-refractivity contribution is 0.0591. The molecule has 0 aliphatic carbocycles. The van der Waals surface area contributed by atoms with Crippen LogP contribution in [0.15, 0.2) is 18.2 Å². The van der Waals surface area contributed by atoms with Crippen LogP contribution in [0.4, 0.5) is 0 Å². The number of fused-ring (bicyclic) bond motifs is 1. The van der Waals surface area contributed by atoms with Crippen molar-refractivity contribution in [3.8, 4) is 0 Å². The molecule has 0 aromatic carbocycles. The maximum atomic E-state index is 11.7. The summed E-state index contributed by atoms with van der Waals surface area (Å²) >= 11 is 2.00. The average Bonchev–Trinajstić information content (AvgIpc) is 2.89. The number of hydrogen-bond donors (Lipinski definition) is 0. The van der Waals surface area contributed by atoms with Crippen molar-refractivity contribution in [1.82, 2.24) is 14.6 Å². The molecule has 0 amide bonds. The van der Waals surface area contributed by atoms with Crippen molar-refractivity contribution in [2.45, 2.75) is 19.3 Å². The third-order valence-corrected chi connectivity index (χ3v) is 4.81. The lowest BCUT2D eigenvalue weighted by atomic mass is 10.0. The van der Waals surface area contributed by atoms with Crippen molar-refractivity contribution in [2.24, 2.45) is 5.92 Å². The molecule has 1 unspecified atom stereocenters. The van der Waals surface area contributed by atoms with Gasteiger partial charge in [-0.05, 0) is 42.4 Å². The highest BCUT2D eigenvalue weighted by Crippen LogP contribution is 2.25. The third-order valence-electron chi connectivity index (χ3n) is 3.52. The molecule has 2 aromatic heterocycles. The van der Waals surface area contributed by atoms with Gasteiger partial charge in [0, 0.05) is 6.42 Å². The van der Waals surface area contributed by atoms with E-state index in [1.807, 2.05) is 17.8 Å². The van der Waals surface area contributed by atoms with Crippen molar-refractivity contribution >= 4 is 23.4 Å². The smallest absolute Gasteiger partial charge is 0.356 e. The van der Waals surface area contributed by atoms with E-state index >= 15 is 0 Å². The first-order valence-electron chi connectivity index (χ1n) is 6.78. The molecule has 2 aromatic rings. The number of aromatic nitrogens is 3. The summed E-state index contributed by atoms with van der Waals surface area (Å²) in [4.78, 5) is 16.2. The summed E-state index contributed by atoms with van der Waals surface area (Å²) in [5.41, 5.74) is 1.12. The molecule has 0 bridgehead atoms. The van der Waals surface area contributed by atoms with Crippen LogP contribution in [0.5, 0.6) is 0 Å². The van der Waals surface area contributed by atoms with E-state index in [0.717, 1.165) is 12.2 Å². The fourth-order valence-electron chi connectivity index (χ4n) is 2.52. The van der Waals surface area contributed by atoms with Gasteiger partial charge in [0.1, 0.15) is 0 Å². The molecule has 3 rings (SSSR count). The monoisotopic (exact) mass is 291 g/mol. The number of carbonyl (C=O) groups is 1. The fraction of sp³-hybridized carbons (Fsp3) is 0.500. The molecule has 1 atom stereocenters. The van der Waals surface area contributed by atoms with E-state index < -0.39 is 0 Å². The molecule has 6 heteroatoms. The Morgan fingerprint density at radius 2 is 2.45 bits per heavy atom. The van der Waals surface area contributed by atoms with Crippen molar-refractivity contribution in [1.29, 1.82) is 0 Å². The Labute approximate surface area is 121 Å². The number of nitrogens with zero attached hydrogens (tertiary/aromatic N) is 3. The zero-order valence-electron chi connectivity index (χ0n) is 11.4. The highest BCUT2D eigenvalue weighted by Gasteiger charge is 2.18. The first kappa shape index (κ1) is 13.4. The number of ether oxygens (including phenoxy) is 1. The summed E-state index contributed by atoms with van der Waals surface area (Å²) in [7, 11) is 1.37. The zero-order chi connectivity index (χ0) is 13.9. The van der Waals surface area contributed by atoms with Crippen molar-refractivity contribution in [2.75, 3.05) is 18.6 Å². The Hall–Kier alpha value is -1.56. The van der Waals surface area contributed by atoms with Gasteiger partial charge >= 0.3 is 5.97 Å². The molecule has 1 saturated heterocycles. The Morgan fingerprint density at radius 1 is 1.55 bits per heavy atom. The SMILES string of the molecule is COC(=O)c1cccc2nc(CC3CCCSC3)nn12. The predicted molar refractivity (Wildman–Crippen MR) is 78.1 cm³/mol. The Balaban J connectivity index is 1.88. The number of hydrogen-bond acceptors (Lipinski definition) is 5. The van der Waals surface area contributed by atoms with E-state index in [9.17, 15) is 4.79 Å². The van der Waals surface area contributed by atoms with Gasteiger partial charge < -0.3 is 4.74 Å². The lowest BCUT2D eigenvalue weighted by Gasteiger charge is -2.19. The van der Waals surface area contributed by atoms with Crippen molar-refractivity contribution in [3.63, 3.8) is 0 Å². The van der Waals surface area contributed by atoms with E-state index in [1.54, 1.807) is 16.6 Å². The van der Waals surface area contributed by atoms with E-state index in [1.165, 1.54) is 31.5 Å². The predicted octanol–water partition coefficient (Wildman–Crippen LogP) is 2.20. The lowest BCUT2D eigenvalue weighted by Crippen LogP contribution is -2.14. The summed E-state index contributed by atoms with van der Waals surface area (Å²) in [6.45, 7) is 0. The van der Waals surface area contributed by atoms with Gasteiger partial charge in [0.15, 0.2) is 17.2 Å². The van der Waals surface area contributed by atoms with Gasteiger partial charge in [-0.25, -0.2) is 14.3 Å². The van der Waals surface area contributed by atoms with Crippen LogP contribution in [0.2, 0.25) is 0 Å². The highest BCUT2D eigenvalue weighted by atomic mass is 32.2. The molecule has 1 aliphatic rings. The van der Waals surface area contributed by atoms with E-state index in [0.29, 0.717) is 17.3 Å². The number of thioether (sulfide) groups is 1. The molecular formula is C14H17N3O2S.